The summed E-state index contributed by atoms with van der Waals surface area (Å²) in [6.45, 7) is 2.17. The third-order valence-electron chi connectivity index (χ3n) is 3.90. The number of methoxy groups -OCH3 is 1. The van der Waals surface area contributed by atoms with E-state index in [0.29, 0.717) is 11.7 Å². The Balaban J connectivity index is 2.15. The van der Waals surface area contributed by atoms with Crippen LogP contribution in [0.25, 0.3) is 0 Å². The van der Waals surface area contributed by atoms with Crippen LogP contribution in [0.15, 0.2) is 18.2 Å². The maximum atomic E-state index is 13.8. The second-order valence-corrected chi connectivity index (χ2v) is 5.47. The molecule has 0 radical (unpaired) electrons. The highest BCUT2D eigenvalue weighted by molar-refractivity contribution is 5.31. The summed E-state index contributed by atoms with van der Waals surface area (Å²) < 4.78 is 18.8. The zero-order valence-corrected chi connectivity index (χ0v) is 11.9. The summed E-state index contributed by atoms with van der Waals surface area (Å²) in [4.78, 5) is 2.17. The van der Waals surface area contributed by atoms with Crippen molar-refractivity contribution >= 4 is 0 Å². The fourth-order valence-corrected chi connectivity index (χ4v) is 2.77. The Morgan fingerprint density at radius 1 is 1.47 bits per heavy atom. The number of nitrogens with one attached hydrogen (secondary N) is 1. The van der Waals surface area contributed by atoms with Crippen LogP contribution in [0.3, 0.4) is 0 Å². The molecule has 0 bridgehead atoms. The van der Waals surface area contributed by atoms with Crippen LogP contribution in [0, 0.1) is 11.7 Å². The predicted octanol–water partition coefficient (Wildman–Crippen LogP) is 2.44. The second kappa shape index (κ2) is 6.35. The first-order valence-corrected chi connectivity index (χ1v) is 6.82. The lowest BCUT2D eigenvalue weighted by molar-refractivity contribution is 0.252. The molecule has 1 heterocycles. The van der Waals surface area contributed by atoms with Crippen LogP contribution in [-0.4, -0.2) is 39.2 Å². The van der Waals surface area contributed by atoms with Gasteiger partial charge in [0.05, 0.1) is 7.11 Å². The largest absolute Gasteiger partial charge is 0.494 e. The molecule has 1 saturated heterocycles. The van der Waals surface area contributed by atoms with Crippen LogP contribution in [0.4, 0.5) is 4.39 Å². The highest BCUT2D eigenvalue weighted by atomic mass is 19.1. The average molecular weight is 266 g/mol. The van der Waals surface area contributed by atoms with Crippen LogP contribution < -0.4 is 10.1 Å². The summed E-state index contributed by atoms with van der Waals surface area (Å²) in [5.41, 5.74) is 1.02. The van der Waals surface area contributed by atoms with Gasteiger partial charge in [-0.1, -0.05) is 6.07 Å². The third kappa shape index (κ3) is 3.45. The van der Waals surface area contributed by atoms with Crippen molar-refractivity contribution in [2.24, 2.45) is 5.92 Å². The summed E-state index contributed by atoms with van der Waals surface area (Å²) in [6, 6.07) is 5.54. The van der Waals surface area contributed by atoms with Crippen LogP contribution >= 0.6 is 0 Å². The second-order valence-electron chi connectivity index (χ2n) is 5.47. The normalized spacial score (nSPS) is 20.8. The summed E-state index contributed by atoms with van der Waals surface area (Å²) in [5.74, 6) is 0.706. The number of rotatable bonds is 5. The molecule has 1 fully saturated rings. The van der Waals surface area contributed by atoms with E-state index in [1.54, 1.807) is 12.1 Å². The van der Waals surface area contributed by atoms with Crippen LogP contribution in [0.5, 0.6) is 5.75 Å². The fraction of sp³-hybridized carbons (Fsp3) is 0.600. The van der Waals surface area contributed by atoms with Gasteiger partial charge in [0, 0.05) is 6.04 Å². The van der Waals surface area contributed by atoms with Crippen LogP contribution in [0.1, 0.15) is 24.4 Å². The van der Waals surface area contributed by atoms with Crippen molar-refractivity contribution in [3.63, 3.8) is 0 Å². The van der Waals surface area contributed by atoms with Gasteiger partial charge in [0.2, 0.25) is 0 Å². The highest BCUT2D eigenvalue weighted by Gasteiger charge is 2.23. The van der Waals surface area contributed by atoms with Gasteiger partial charge in [-0.25, -0.2) is 4.39 Å². The fourth-order valence-electron chi connectivity index (χ4n) is 2.77. The van der Waals surface area contributed by atoms with Crippen molar-refractivity contribution in [2.45, 2.75) is 18.9 Å². The SMILES string of the molecule is COc1ccc(C(CC2CCNC2)N(C)C)cc1F. The Bertz CT molecular complexity index is 417. The lowest BCUT2D eigenvalue weighted by Crippen LogP contribution is -2.23. The molecular formula is C15H23FN2O. The van der Waals surface area contributed by atoms with E-state index in [1.807, 2.05) is 6.07 Å². The topological polar surface area (TPSA) is 24.5 Å². The van der Waals surface area contributed by atoms with Gasteiger partial charge in [0.15, 0.2) is 11.6 Å². The van der Waals surface area contributed by atoms with E-state index in [9.17, 15) is 4.39 Å². The summed E-state index contributed by atoms with van der Waals surface area (Å²) >= 11 is 0. The van der Waals surface area contributed by atoms with E-state index in [2.05, 4.69) is 24.3 Å². The quantitative estimate of drug-likeness (QED) is 0.886. The summed E-state index contributed by atoms with van der Waals surface area (Å²) in [6.07, 6.45) is 2.27. The van der Waals surface area contributed by atoms with Crippen molar-refractivity contribution in [1.82, 2.24) is 10.2 Å². The van der Waals surface area contributed by atoms with Crippen molar-refractivity contribution < 1.29 is 9.13 Å². The van der Waals surface area contributed by atoms with Gasteiger partial charge in [-0.2, -0.15) is 0 Å². The Hall–Kier alpha value is -1.13. The van der Waals surface area contributed by atoms with Gasteiger partial charge in [-0.05, 0) is 63.6 Å². The van der Waals surface area contributed by atoms with Crippen molar-refractivity contribution in [1.29, 1.82) is 0 Å². The number of halogens is 1. The minimum absolute atomic E-state index is 0.255. The van der Waals surface area contributed by atoms with E-state index >= 15 is 0 Å². The van der Waals surface area contributed by atoms with Crippen molar-refractivity contribution in [3.05, 3.63) is 29.6 Å². The molecule has 1 aliphatic rings. The Morgan fingerprint density at radius 3 is 2.79 bits per heavy atom. The molecule has 0 amide bonds. The van der Waals surface area contributed by atoms with E-state index in [-0.39, 0.29) is 11.9 Å². The number of ether oxygens (including phenoxy) is 1. The first-order chi connectivity index (χ1) is 9.11. The first-order valence-electron chi connectivity index (χ1n) is 6.82. The molecule has 2 rings (SSSR count). The molecule has 1 aromatic carbocycles. The molecule has 2 unspecified atom stereocenters. The van der Waals surface area contributed by atoms with Crippen molar-refractivity contribution in [2.75, 3.05) is 34.3 Å². The molecule has 19 heavy (non-hydrogen) atoms. The van der Waals surface area contributed by atoms with E-state index in [4.69, 9.17) is 4.74 Å². The Kier molecular flexibility index (Phi) is 4.77. The molecule has 1 N–H and O–H groups in total. The molecule has 3 nitrogen and oxygen atoms in total. The van der Waals surface area contributed by atoms with Crippen LogP contribution in [-0.2, 0) is 0 Å². The van der Waals surface area contributed by atoms with Crippen molar-refractivity contribution in [3.8, 4) is 5.75 Å². The summed E-state index contributed by atoms with van der Waals surface area (Å²) in [7, 11) is 5.59. The number of nitrogens with zero attached hydrogens (tertiary/aromatic N) is 1. The third-order valence-corrected chi connectivity index (χ3v) is 3.90. The molecule has 2 atom stereocenters. The standard InChI is InChI=1S/C15H23FN2O/c1-18(2)14(8-11-6-7-17-10-11)12-4-5-15(19-3)13(16)9-12/h4-5,9,11,14,17H,6-8,10H2,1-3H3. The first kappa shape index (κ1) is 14.3. The molecule has 0 aromatic heterocycles. The number of hydrogen-bond acceptors (Lipinski definition) is 3. The predicted molar refractivity (Wildman–Crippen MR) is 75.0 cm³/mol. The molecular weight excluding hydrogens is 243 g/mol. The Labute approximate surface area is 114 Å². The smallest absolute Gasteiger partial charge is 0.165 e. The minimum atomic E-state index is -0.281. The number of hydrogen-bond donors (Lipinski definition) is 1. The monoisotopic (exact) mass is 266 g/mol. The van der Waals surface area contributed by atoms with Gasteiger partial charge >= 0.3 is 0 Å². The van der Waals surface area contributed by atoms with E-state index in [0.717, 1.165) is 25.1 Å². The zero-order valence-electron chi connectivity index (χ0n) is 11.9. The molecule has 0 spiro atoms. The van der Waals surface area contributed by atoms with Gasteiger partial charge in [-0.3, -0.25) is 0 Å². The lowest BCUT2D eigenvalue weighted by atomic mass is 9.93. The summed E-state index contributed by atoms with van der Waals surface area (Å²) in [5, 5.41) is 3.39. The maximum absolute atomic E-state index is 13.8. The van der Waals surface area contributed by atoms with E-state index in [1.165, 1.54) is 13.5 Å². The Morgan fingerprint density at radius 2 is 2.26 bits per heavy atom. The van der Waals surface area contributed by atoms with E-state index < -0.39 is 0 Å². The zero-order chi connectivity index (χ0) is 13.8. The van der Waals surface area contributed by atoms with Gasteiger partial charge in [0.1, 0.15) is 0 Å². The minimum Gasteiger partial charge on any atom is -0.494 e. The molecule has 0 aliphatic carbocycles. The van der Waals surface area contributed by atoms with Gasteiger partial charge < -0.3 is 15.0 Å². The van der Waals surface area contributed by atoms with Gasteiger partial charge in [-0.15, -0.1) is 0 Å². The molecule has 4 heteroatoms. The maximum Gasteiger partial charge on any atom is 0.165 e. The number of benzene rings is 1. The highest BCUT2D eigenvalue weighted by Crippen LogP contribution is 2.30. The lowest BCUT2D eigenvalue weighted by Gasteiger charge is -2.27. The molecule has 106 valence electrons. The molecule has 0 saturated carbocycles. The average Bonchev–Trinajstić information content (AvgIpc) is 2.88. The molecule has 1 aliphatic heterocycles. The molecule has 1 aromatic rings. The van der Waals surface area contributed by atoms with Gasteiger partial charge in [0.25, 0.3) is 0 Å². The van der Waals surface area contributed by atoms with Crippen LogP contribution in [0.2, 0.25) is 0 Å².